The van der Waals surface area contributed by atoms with Gasteiger partial charge >= 0.3 is 0 Å². The molecule has 0 aliphatic carbocycles. The summed E-state index contributed by atoms with van der Waals surface area (Å²) in [5, 5.41) is 0. The molecule has 0 N–H and O–H groups in total. The van der Waals surface area contributed by atoms with Gasteiger partial charge in [-0.2, -0.15) is 0 Å². The van der Waals surface area contributed by atoms with Crippen LogP contribution in [0.4, 0.5) is 15.9 Å². The maximum Gasteiger partial charge on any atom is 0.222 e. The number of hydrogen-bond acceptors (Lipinski definition) is 8. The van der Waals surface area contributed by atoms with E-state index in [1.807, 2.05) is 0 Å². The van der Waals surface area contributed by atoms with Gasteiger partial charge in [-0.25, -0.2) is 22.8 Å². The first-order valence-corrected chi connectivity index (χ1v) is 14.6. The maximum absolute atomic E-state index is 14.8. The molecule has 3 heterocycles. The number of hydrogen-bond donors (Lipinski definition) is 0. The Morgan fingerprint density at radius 3 is 2.65 bits per heavy atom. The highest BCUT2D eigenvalue weighted by Crippen LogP contribution is 2.38. The Balaban J connectivity index is 1.43. The van der Waals surface area contributed by atoms with E-state index in [4.69, 9.17) is 17.0 Å². The number of fused-ring (bicyclic) bond motifs is 1. The number of thioether (sulfide) groups is 1. The minimum Gasteiger partial charge on any atom is -0.474 e. The molecule has 1 aromatic carbocycles. The third-order valence-electron chi connectivity index (χ3n) is 5.88. The van der Waals surface area contributed by atoms with Crippen molar-refractivity contribution in [3.63, 3.8) is 0 Å². The lowest BCUT2D eigenvalue weighted by Gasteiger charge is -2.33. The molecule has 0 saturated carbocycles. The zero-order valence-corrected chi connectivity index (χ0v) is 22.0. The standard InChI is InChI=1S/C23H29FN4O3S3/c1-15(2)13-33-23(32)27-9-6-16(7-10-27)31-22-18-8-11-28(21(18)25-14-26-22)20-5-4-17(12-19(20)24)34(3,29)30/h4-5,12,14-16H,6-11,13H2,1-3H3. The van der Waals surface area contributed by atoms with Gasteiger partial charge in [0.05, 0.1) is 16.1 Å². The largest absolute Gasteiger partial charge is 0.474 e. The molecular weight excluding hydrogens is 495 g/mol. The average Bonchev–Trinajstić information content (AvgIpc) is 3.22. The summed E-state index contributed by atoms with van der Waals surface area (Å²) in [7, 11) is -3.48. The molecule has 0 spiro atoms. The Kier molecular flexibility index (Phi) is 7.63. The van der Waals surface area contributed by atoms with Gasteiger partial charge in [0.1, 0.15) is 28.4 Å². The molecule has 2 aromatic rings. The first kappa shape index (κ1) is 25.1. The van der Waals surface area contributed by atoms with E-state index >= 15 is 0 Å². The Morgan fingerprint density at radius 2 is 2.00 bits per heavy atom. The van der Waals surface area contributed by atoms with E-state index in [2.05, 4.69) is 28.7 Å². The summed E-state index contributed by atoms with van der Waals surface area (Å²) in [5.41, 5.74) is 1.14. The van der Waals surface area contributed by atoms with E-state index in [0.717, 1.165) is 53.9 Å². The van der Waals surface area contributed by atoms with Crippen LogP contribution in [0.1, 0.15) is 32.3 Å². The highest BCUT2D eigenvalue weighted by molar-refractivity contribution is 8.22. The Hall–Kier alpha value is -1.98. The monoisotopic (exact) mass is 524 g/mol. The summed E-state index contributed by atoms with van der Waals surface area (Å²) in [6, 6.07) is 3.96. The van der Waals surface area contributed by atoms with Gasteiger partial charge in [-0.3, -0.25) is 0 Å². The molecule has 7 nitrogen and oxygen atoms in total. The predicted molar refractivity (Wildman–Crippen MR) is 137 cm³/mol. The molecule has 4 rings (SSSR count). The second kappa shape index (κ2) is 10.3. The molecule has 2 aliphatic rings. The molecule has 0 bridgehead atoms. The summed E-state index contributed by atoms with van der Waals surface area (Å²) in [4.78, 5) is 12.7. The number of piperidine rings is 1. The molecule has 1 saturated heterocycles. The first-order valence-electron chi connectivity index (χ1n) is 11.3. The van der Waals surface area contributed by atoms with Crippen molar-refractivity contribution in [2.75, 3.05) is 36.5 Å². The van der Waals surface area contributed by atoms with Crippen LogP contribution in [0.5, 0.6) is 5.88 Å². The van der Waals surface area contributed by atoms with Gasteiger partial charge in [0, 0.05) is 44.5 Å². The molecule has 0 atom stereocenters. The van der Waals surface area contributed by atoms with Crippen LogP contribution in [0.15, 0.2) is 29.4 Å². The van der Waals surface area contributed by atoms with Gasteiger partial charge in [0.2, 0.25) is 5.88 Å². The van der Waals surface area contributed by atoms with Gasteiger partial charge in [-0.15, -0.1) is 0 Å². The SMILES string of the molecule is CC(C)CSC(=S)N1CCC(Oc2ncnc3c2CCN3c2ccc(S(C)(=O)=O)cc2F)CC1. The minimum absolute atomic E-state index is 0.0352. The van der Waals surface area contributed by atoms with Crippen molar-refractivity contribution in [3.8, 4) is 5.88 Å². The van der Waals surface area contributed by atoms with E-state index in [9.17, 15) is 12.8 Å². The number of sulfone groups is 1. The van der Waals surface area contributed by atoms with Crippen LogP contribution < -0.4 is 9.64 Å². The van der Waals surface area contributed by atoms with Crippen LogP contribution in [-0.2, 0) is 16.3 Å². The quantitative estimate of drug-likeness (QED) is 0.516. The maximum atomic E-state index is 14.8. The molecular formula is C23H29FN4O3S3. The zero-order chi connectivity index (χ0) is 24.5. The Morgan fingerprint density at radius 1 is 1.26 bits per heavy atom. The third-order valence-corrected chi connectivity index (χ3v) is 8.94. The zero-order valence-electron chi connectivity index (χ0n) is 19.5. The molecule has 0 radical (unpaired) electrons. The number of halogens is 1. The summed E-state index contributed by atoms with van der Waals surface area (Å²) in [6.45, 7) is 6.60. The average molecular weight is 525 g/mol. The summed E-state index contributed by atoms with van der Waals surface area (Å²) >= 11 is 7.32. The number of ether oxygens (including phenoxy) is 1. The second-order valence-electron chi connectivity index (χ2n) is 9.04. The van der Waals surface area contributed by atoms with Crippen molar-refractivity contribution in [1.29, 1.82) is 0 Å². The number of anilines is 2. The first-order chi connectivity index (χ1) is 16.1. The summed E-state index contributed by atoms with van der Waals surface area (Å²) < 4.78 is 45.5. The van der Waals surface area contributed by atoms with Gasteiger partial charge in [-0.05, 0) is 30.5 Å². The molecule has 0 amide bonds. The molecule has 1 fully saturated rings. The molecule has 0 unspecified atom stereocenters. The van der Waals surface area contributed by atoms with Crippen LogP contribution in [0.2, 0.25) is 0 Å². The van der Waals surface area contributed by atoms with Crippen molar-refractivity contribution < 1.29 is 17.5 Å². The summed E-state index contributed by atoms with van der Waals surface area (Å²) in [6.07, 6.45) is 4.86. The van der Waals surface area contributed by atoms with E-state index in [0.29, 0.717) is 30.6 Å². The number of likely N-dealkylation sites (tertiary alicyclic amines) is 1. The minimum atomic E-state index is -3.48. The number of thiocarbonyl (C=S) groups is 1. The smallest absolute Gasteiger partial charge is 0.222 e. The number of rotatable bonds is 6. The number of nitrogens with zero attached hydrogens (tertiary/aromatic N) is 4. The van der Waals surface area contributed by atoms with Crippen molar-refractivity contribution in [1.82, 2.24) is 14.9 Å². The molecule has 184 valence electrons. The van der Waals surface area contributed by atoms with Gasteiger partial charge in [-0.1, -0.05) is 37.8 Å². The lowest BCUT2D eigenvalue weighted by molar-refractivity contribution is 0.126. The Bertz CT molecular complexity index is 1170. The van der Waals surface area contributed by atoms with Crippen molar-refractivity contribution >= 4 is 49.6 Å². The Labute approximate surface area is 210 Å². The van der Waals surface area contributed by atoms with E-state index in [1.165, 1.54) is 18.5 Å². The molecule has 34 heavy (non-hydrogen) atoms. The molecule has 2 aliphatic heterocycles. The van der Waals surface area contributed by atoms with Crippen LogP contribution in [0.3, 0.4) is 0 Å². The fourth-order valence-electron chi connectivity index (χ4n) is 4.08. The topological polar surface area (TPSA) is 75.6 Å². The van der Waals surface area contributed by atoms with Crippen molar-refractivity contribution in [3.05, 3.63) is 35.9 Å². The summed E-state index contributed by atoms with van der Waals surface area (Å²) in [5.74, 6) is 2.16. The van der Waals surface area contributed by atoms with E-state index < -0.39 is 15.7 Å². The number of aromatic nitrogens is 2. The van der Waals surface area contributed by atoms with Gasteiger partial charge in [0.25, 0.3) is 0 Å². The van der Waals surface area contributed by atoms with E-state index in [-0.39, 0.29) is 16.7 Å². The second-order valence-corrected chi connectivity index (χ2v) is 12.7. The van der Waals surface area contributed by atoms with Crippen LogP contribution in [0.25, 0.3) is 0 Å². The lowest BCUT2D eigenvalue weighted by atomic mass is 10.1. The molecule has 11 heteroatoms. The van der Waals surface area contributed by atoms with Crippen LogP contribution in [-0.4, -0.2) is 65.4 Å². The number of benzene rings is 1. The molecule has 1 aromatic heterocycles. The predicted octanol–water partition coefficient (Wildman–Crippen LogP) is 4.23. The van der Waals surface area contributed by atoms with Crippen LogP contribution >= 0.6 is 24.0 Å². The van der Waals surface area contributed by atoms with Gasteiger partial charge < -0.3 is 14.5 Å². The third kappa shape index (κ3) is 5.63. The highest BCUT2D eigenvalue weighted by Gasteiger charge is 2.30. The van der Waals surface area contributed by atoms with Crippen LogP contribution in [0, 0.1) is 11.7 Å². The van der Waals surface area contributed by atoms with Crippen molar-refractivity contribution in [2.45, 2.75) is 44.1 Å². The van der Waals surface area contributed by atoms with Gasteiger partial charge in [0.15, 0.2) is 9.84 Å². The van der Waals surface area contributed by atoms with Crippen molar-refractivity contribution in [2.24, 2.45) is 5.92 Å². The fourth-order valence-corrected chi connectivity index (χ4v) is 5.95. The fraction of sp³-hybridized carbons (Fsp3) is 0.522. The highest BCUT2D eigenvalue weighted by atomic mass is 32.2. The van der Waals surface area contributed by atoms with E-state index in [1.54, 1.807) is 16.7 Å². The normalized spacial score (nSPS) is 16.7. The lowest BCUT2D eigenvalue weighted by Crippen LogP contribution is -2.40.